The van der Waals surface area contributed by atoms with Crippen LogP contribution in [0.5, 0.6) is 0 Å². The van der Waals surface area contributed by atoms with E-state index in [2.05, 4.69) is 10.4 Å². The average Bonchev–Trinajstić information content (AvgIpc) is 2.71. The maximum absolute atomic E-state index is 12.4. The van der Waals surface area contributed by atoms with Gasteiger partial charge in [-0.2, -0.15) is 5.10 Å². The second-order valence-electron chi connectivity index (χ2n) is 4.70. The minimum absolute atomic E-state index is 0.322. The Morgan fingerprint density at radius 2 is 2.00 bits per heavy atom. The molecule has 1 aromatic heterocycles. The van der Waals surface area contributed by atoms with Crippen LogP contribution in [0.1, 0.15) is 28.7 Å². The summed E-state index contributed by atoms with van der Waals surface area (Å²) in [6, 6.07) is 3.32. The lowest BCUT2D eigenvalue weighted by Gasteiger charge is -2.10. The highest BCUT2D eigenvalue weighted by Crippen LogP contribution is 2.29. The van der Waals surface area contributed by atoms with Gasteiger partial charge in [0.1, 0.15) is 5.69 Å². The van der Waals surface area contributed by atoms with Crippen LogP contribution in [0.25, 0.3) is 0 Å². The highest BCUT2D eigenvalue weighted by Gasteiger charge is 2.20. The number of halogens is 2. The number of rotatable bonds is 3. The van der Waals surface area contributed by atoms with Crippen LogP contribution in [0.2, 0.25) is 10.0 Å². The molecule has 0 aliphatic heterocycles. The summed E-state index contributed by atoms with van der Waals surface area (Å²) < 4.78 is 1.56. The fourth-order valence-electron chi connectivity index (χ4n) is 1.99. The number of anilines is 2. The highest BCUT2D eigenvalue weighted by molar-refractivity contribution is 6.36. The molecule has 112 valence electrons. The van der Waals surface area contributed by atoms with Crippen molar-refractivity contribution in [3.8, 4) is 0 Å². The number of carbonyl (C=O) groups excluding carboxylic acids is 1. The molecular weight excluding hydrogens is 311 g/mol. The van der Waals surface area contributed by atoms with Crippen LogP contribution in [0.15, 0.2) is 12.1 Å². The van der Waals surface area contributed by atoms with E-state index < -0.39 is 0 Å². The number of aryl methyl sites for hydroxylation is 3. The van der Waals surface area contributed by atoms with Gasteiger partial charge in [-0.1, -0.05) is 23.2 Å². The number of nitrogens with one attached hydrogen (secondary N) is 1. The molecule has 7 heteroatoms. The fourth-order valence-corrected chi connectivity index (χ4v) is 2.42. The molecule has 0 spiro atoms. The van der Waals surface area contributed by atoms with Gasteiger partial charge < -0.3 is 11.1 Å². The van der Waals surface area contributed by atoms with E-state index in [1.165, 1.54) is 0 Å². The molecule has 0 radical (unpaired) electrons. The first-order valence-corrected chi connectivity index (χ1v) is 7.20. The summed E-state index contributed by atoms with van der Waals surface area (Å²) in [6.45, 7) is 6.03. The summed E-state index contributed by atoms with van der Waals surface area (Å²) in [4.78, 5) is 12.4. The van der Waals surface area contributed by atoms with Gasteiger partial charge in [-0.3, -0.25) is 9.48 Å². The molecule has 0 fully saturated rings. The quantitative estimate of drug-likeness (QED) is 0.903. The van der Waals surface area contributed by atoms with Gasteiger partial charge in [0.05, 0.1) is 22.1 Å². The molecule has 1 heterocycles. The topological polar surface area (TPSA) is 72.9 Å². The largest absolute Gasteiger partial charge is 0.395 e. The number of hydrogen-bond acceptors (Lipinski definition) is 3. The molecule has 1 amide bonds. The van der Waals surface area contributed by atoms with Crippen molar-refractivity contribution < 1.29 is 4.79 Å². The van der Waals surface area contributed by atoms with Gasteiger partial charge in [-0.05, 0) is 38.5 Å². The first-order valence-electron chi connectivity index (χ1n) is 6.45. The van der Waals surface area contributed by atoms with E-state index in [-0.39, 0.29) is 5.91 Å². The third kappa shape index (κ3) is 2.99. The molecule has 0 atom stereocenters. The summed E-state index contributed by atoms with van der Waals surface area (Å²) in [5, 5.41) is 7.89. The van der Waals surface area contributed by atoms with Gasteiger partial charge in [0, 0.05) is 11.6 Å². The van der Waals surface area contributed by atoms with Gasteiger partial charge in [-0.15, -0.1) is 0 Å². The van der Waals surface area contributed by atoms with Crippen LogP contribution in [0.4, 0.5) is 11.4 Å². The third-order valence-electron chi connectivity index (χ3n) is 3.18. The van der Waals surface area contributed by atoms with Gasteiger partial charge in [0.25, 0.3) is 5.91 Å². The first-order chi connectivity index (χ1) is 9.85. The molecule has 21 heavy (non-hydrogen) atoms. The lowest BCUT2D eigenvalue weighted by atomic mass is 10.2. The lowest BCUT2D eigenvalue weighted by molar-refractivity contribution is 0.101. The molecule has 0 aliphatic carbocycles. The Morgan fingerprint density at radius 3 is 2.62 bits per heavy atom. The molecule has 0 aliphatic rings. The van der Waals surface area contributed by atoms with E-state index in [1.54, 1.807) is 23.7 Å². The zero-order valence-electron chi connectivity index (χ0n) is 12.0. The van der Waals surface area contributed by atoms with Gasteiger partial charge >= 0.3 is 0 Å². The molecule has 3 N–H and O–H groups in total. The molecular formula is C14H16Cl2N4O. The van der Waals surface area contributed by atoms with Crippen LogP contribution < -0.4 is 11.1 Å². The number of nitrogens with two attached hydrogens (primary N) is 1. The highest BCUT2D eigenvalue weighted by atomic mass is 35.5. The predicted octanol–water partition coefficient (Wildman–Crippen LogP) is 3.66. The maximum atomic E-state index is 12.4. The van der Waals surface area contributed by atoms with Crippen LogP contribution >= 0.6 is 23.2 Å². The number of aromatic nitrogens is 2. The summed E-state index contributed by atoms with van der Waals surface area (Å²) in [6.07, 6.45) is 0. The SMILES string of the molecule is CCn1nc(C)c(N)c1C(=O)Nc1cc(Cl)c(C)cc1Cl. The molecule has 1 aromatic carbocycles. The summed E-state index contributed by atoms with van der Waals surface area (Å²) in [5.74, 6) is -0.364. The molecule has 2 aromatic rings. The molecule has 0 saturated heterocycles. The normalized spacial score (nSPS) is 10.7. The lowest BCUT2D eigenvalue weighted by Crippen LogP contribution is -2.19. The molecule has 0 unspecified atom stereocenters. The van der Waals surface area contributed by atoms with Gasteiger partial charge in [0.2, 0.25) is 0 Å². The second kappa shape index (κ2) is 5.95. The number of amides is 1. The number of nitrogen functional groups attached to an aromatic ring is 1. The van der Waals surface area contributed by atoms with Crippen molar-refractivity contribution in [3.63, 3.8) is 0 Å². The second-order valence-corrected chi connectivity index (χ2v) is 5.51. The van der Waals surface area contributed by atoms with E-state index in [1.807, 2.05) is 13.8 Å². The zero-order valence-corrected chi connectivity index (χ0v) is 13.5. The third-order valence-corrected chi connectivity index (χ3v) is 3.90. The predicted molar refractivity (Wildman–Crippen MR) is 86.2 cm³/mol. The summed E-state index contributed by atoms with van der Waals surface area (Å²) >= 11 is 12.2. The van der Waals surface area contributed by atoms with E-state index in [4.69, 9.17) is 28.9 Å². The van der Waals surface area contributed by atoms with Crippen molar-refractivity contribution in [2.24, 2.45) is 0 Å². The van der Waals surface area contributed by atoms with Crippen molar-refractivity contribution in [1.29, 1.82) is 0 Å². The number of hydrogen-bond donors (Lipinski definition) is 2. The molecule has 0 saturated carbocycles. The first kappa shape index (κ1) is 15.7. The Labute approximate surface area is 133 Å². The minimum Gasteiger partial charge on any atom is -0.395 e. The van der Waals surface area contributed by atoms with E-state index >= 15 is 0 Å². The molecule has 0 bridgehead atoms. The van der Waals surface area contributed by atoms with E-state index in [9.17, 15) is 4.79 Å². The van der Waals surface area contributed by atoms with Crippen LogP contribution in [0.3, 0.4) is 0 Å². The molecule has 5 nitrogen and oxygen atoms in total. The summed E-state index contributed by atoms with van der Waals surface area (Å²) in [7, 11) is 0. The Hall–Kier alpha value is -1.72. The Kier molecular flexibility index (Phi) is 4.44. The Bertz CT molecular complexity index is 709. The number of benzene rings is 1. The Morgan fingerprint density at radius 1 is 1.33 bits per heavy atom. The number of carbonyl (C=O) groups is 1. The van der Waals surface area contributed by atoms with E-state index in [0.717, 1.165) is 5.56 Å². The zero-order chi connectivity index (χ0) is 15.7. The smallest absolute Gasteiger partial charge is 0.276 e. The van der Waals surface area contributed by atoms with Crippen molar-refractivity contribution in [3.05, 3.63) is 39.1 Å². The Balaban J connectivity index is 2.37. The van der Waals surface area contributed by atoms with Crippen molar-refractivity contribution in [2.45, 2.75) is 27.3 Å². The fraction of sp³-hybridized carbons (Fsp3) is 0.286. The van der Waals surface area contributed by atoms with Crippen molar-refractivity contribution in [1.82, 2.24) is 9.78 Å². The van der Waals surface area contributed by atoms with Gasteiger partial charge in [-0.25, -0.2) is 0 Å². The minimum atomic E-state index is -0.364. The van der Waals surface area contributed by atoms with Crippen molar-refractivity contribution in [2.75, 3.05) is 11.1 Å². The van der Waals surface area contributed by atoms with E-state index in [0.29, 0.717) is 39.4 Å². The van der Waals surface area contributed by atoms with Gasteiger partial charge in [0.15, 0.2) is 0 Å². The van der Waals surface area contributed by atoms with Crippen LogP contribution in [-0.4, -0.2) is 15.7 Å². The maximum Gasteiger partial charge on any atom is 0.276 e. The monoisotopic (exact) mass is 326 g/mol. The van der Waals surface area contributed by atoms with Crippen LogP contribution in [-0.2, 0) is 6.54 Å². The average molecular weight is 327 g/mol. The van der Waals surface area contributed by atoms with Crippen LogP contribution in [0, 0.1) is 13.8 Å². The van der Waals surface area contributed by atoms with Crippen molar-refractivity contribution >= 4 is 40.5 Å². The molecule has 2 rings (SSSR count). The number of nitrogens with zero attached hydrogens (tertiary/aromatic N) is 2. The summed E-state index contributed by atoms with van der Waals surface area (Å²) in [5.41, 5.74) is 8.51. The standard InChI is InChI=1S/C14H16Cl2N4O/c1-4-20-13(12(17)8(3)19-20)14(21)18-11-6-9(15)7(2)5-10(11)16/h5-6H,4,17H2,1-3H3,(H,18,21).